The zero-order valence-electron chi connectivity index (χ0n) is 13.2. The Labute approximate surface area is 110 Å². The molecular weight excluding hydrogens is 208 g/mol. The molecule has 17 heavy (non-hydrogen) atoms. The summed E-state index contributed by atoms with van der Waals surface area (Å²) in [4.78, 5) is 0. The Bertz CT molecular complexity index is 165. The van der Waals surface area contributed by atoms with E-state index in [0.717, 1.165) is 29.6 Å². The fourth-order valence-electron chi connectivity index (χ4n) is 3.04. The summed E-state index contributed by atoms with van der Waals surface area (Å²) in [5, 5.41) is 0. The van der Waals surface area contributed by atoms with E-state index in [9.17, 15) is 0 Å². The maximum Gasteiger partial charge on any atom is -0.0386 e. The van der Waals surface area contributed by atoms with Gasteiger partial charge in [0.25, 0.3) is 0 Å². The highest BCUT2D eigenvalue weighted by atomic mass is 16.0. The molecule has 0 bridgehead atoms. The standard InChI is InChI=1S/C14H28.C2H6.H2O/c1-10(2)8-13(5)14-7-6-11(3)12(4)9-14;1-2;/h10-14H,6-9H2,1-5H3;1-2H3;1H2. The molecule has 1 saturated carbocycles. The molecular formula is C16H36O. The lowest BCUT2D eigenvalue weighted by Gasteiger charge is -2.36. The molecule has 2 N–H and O–H groups in total. The van der Waals surface area contributed by atoms with E-state index in [1.165, 1.54) is 25.7 Å². The second-order valence-corrected chi connectivity index (χ2v) is 6.13. The van der Waals surface area contributed by atoms with Gasteiger partial charge in [-0.1, -0.05) is 54.9 Å². The van der Waals surface area contributed by atoms with Crippen LogP contribution >= 0.6 is 0 Å². The molecule has 4 unspecified atom stereocenters. The smallest absolute Gasteiger partial charge is 0.0386 e. The van der Waals surface area contributed by atoms with E-state index in [2.05, 4.69) is 34.6 Å². The summed E-state index contributed by atoms with van der Waals surface area (Å²) in [6, 6.07) is 0. The van der Waals surface area contributed by atoms with Crippen molar-refractivity contribution in [3.8, 4) is 0 Å². The van der Waals surface area contributed by atoms with Crippen LogP contribution in [0.25, 0.3) is 0 Å². The summed E-state index contributed by atoms with van der Waals surface area (Å²) < 4.78 is 0. The molecule has 4 atom stereocenters. The van der Waals surface area contributed by atoms with E-state index in [1.807, 2.05) is 13.8 Å². The predicted molar refractivity (Wildman–Crippen MR) is 79.2 cm³/mol. The van der Waals surface area contributed by atoms with Crippen molar-refractivity contribution in [3.05, 3.63) is 0 Å². The average molecular weight is 244 g/mol. The molecule has 0 aliphatic heterocycles. The van der Waals surface area contributed by atoms with Crippen molar-refractivity contribution in [1.82, 2.24) is 0 Å². The maximum atomic E-state index is 2.47. The van der Waals surface area contributed by atoms with Crippen molar-refractivity contribution in [2.75, 3.05) is 0 Å². The number of hydrogen-bond donors (Lipinski definition) is 0. The Morgan fingerprint density at radius 2 is 1.47 bits per heavy atom. The quantitative estimate of drug-likeness (QED) is 0.673. The first-order valence-electron chi connectivity index (χ1n) is 7.50. The predicted octanol–water partition coefficient (Wildman–Crippen LogP) is 4.94. The third-order valence-corrected chi connectivity index (χ3v) is 4.29. The molecule has 1 rings (SSSR count). The van der Waals surface area contributed by atoms with Gasteiger partial charge in [-0.3, -0.25) is 0 Å². The van der Waals surface area contributed by atoms with Gasteiger partial charge in [0.1, 0.15) is 0 Å². The van der Waals surface area contributed by atoms with Crippen LogP contribution in [0.3, 0.4) is 0 Å². The Morgan fingerprint density at radius 3 is 1.88 bits per heavy atom. The zero-order valence-corrected chi connectivity index (χ0v) is 13.2. The average Bonchev–Trinajstić information content (AvgIpc) is 2.24. The molecule has 1 nitrogen and oxygen atoms in total. The molecule has 0 heterocycles. The van der Waals surface area contributed by atoms with Crippen LogP contribution in [-0.4, -0.2) is 5.48 Å². The molecule has 1 heteroatoms. The highest BCUT2D eigenvalue weighted by Gasteiger charge is 2.28. The van der Waals surface area contributed by atoms with E-state index < -0.39 is 0 Å². The highest BCUT2D eigenvalue weighted by Crippen LogP contribution is 2.38. The minimum Gasteiger partial charge on any atom is -0.412 e. The van der Waals surface area contributed by atoms with Crippen molar-refractivity contribution >= 4 is 0 Å². The molecule has 1 aliphatic rings. The molecule has 0 aromatic rings. The molecule has 0 aromatic heterocycles. The normalized spacial score (nSPS) is 30.0. The maximum absolute atomic E-state index is 2.47. The van der Waals surface area contributed by atoms with Crippen molar-refractivity contribution in [2.24, 2.45) is 29.6 Å². The van der Waals surface area contributed by atoms with Gasteiger partial charge >= 0.3 is 0 Å². The summed E-state index contributed by atoms with van der Waals surface area (Å²) in [7, 11) is 0. The van der Waals surface area contributed by atoms with Crippen LogP contribution in [0.4, 0.5) is 0 Å². The fourth-order valence-corrected chi connectivity index (χ4v) is 3.04. The van der Waals surface area contributed by atoms with Gasteiger partial charge in [0.15, 0.2) is 0 Å². The van der Waals surface area contributed by atoms with Gasteiger partial charge in [0.2, 0.25) is 0 Å². The van der Waals surface area contributed by atoms with Crippen molar-refractivity contribution in [1.29, 1.82) is 0 Å². The van der Waals surface area contributed by atoms with Crippen molar-refractivity contribution < 1.29 is 5.48 Å². The summed E-state index contributed by atoms with van der Waals surface area (Å²) in [6.45, 7) is 16.0. The van der Waals surface area contributed by atoms with Gasteiger partial charge in [0, 0.05) is 0 Å². The molecule has 1 aliphatic carbocycles. The van der Waals surface area contributed by atoms with E-state index in [1.54, 1.807) is 0 Å². The molecule has 1 fully saturated rings. The van der Waals surface area contributed by atoms with E-state index in [4.69, 9.17) is 0 Å². The summed E-state index contributed by atoms with van der Waals surface area (Å²) in [5.41, 5.74) is 0. The number of hydrogen-bond acceptors (Lipinski definition) is 0. The molecule has 0 saturated heterocycles. The van der Waals surface area contributed by atoms with E-state index >= 15 is 0 Å². The first kappa shape index (κ1) is 19.3. The summed E-state index contributed by atoms with van der Waals surface area (Å²) >= 11 is 0. The monoisotopic (exact) mass is 244 g/mol. The second-order valence-electron chi connectivity index (χ2n) is 6.13. The second kappa shape index (κ2) is 9.94. The lowest BCUT2D eigenvalue weighted by atomic mass is 9.70. The van der Waals surface area contributed by atoms with Crippen LogP contribution in [0.15, 0.2) is 0 Å². The van der Waals surface area contributed by atoms with E-state index in [0.29, 0.717) is 0 Å². The van der Waals surface area contributed by atoms with Crippen LogP contribution in [0, 0.1) is 29.6 Å². The van der Waals surface area contributed by atoms with Gasteiger partial charge in [-0.2, -0.15) is 0 Å². The van der Waals surface area contributed by atoms with Crippen molar-refractivity contribution in [2.45, 2.75) is 74.1 Å². The molecule has 0 aromatic carbocycles. The van der Waals surface area contributed by atoms with Crippen LogP contribution < -0.4 is 0 Å². The summed E-state index contributed by atoms with van der Waals surface area (Å²) in [5.74, 6) is 4.77. The molecule has 0 amide bonds. The van der Waals surface area contributed by atoms with Crippen LogP contribution in [-0.2, 0) is 0 Å². The first-order chi connectivity index (χ1) is 7.50. The fraction of sp³-hybridized carbons (Fsp3) is 1.00. The topological polar surface area (TPSA) is 31.5 Å². The van der Waals surface area contributed by atoms with Crippen LogP contribution in [0.5, 0.6) is 0 Å². The lowest BCUT2D eigenvalue weighted by Crippen LogP contribution is -2.25. The van der Waals surface area contributed by atoms with Gasteiger partial charge in [0.05, 0.1) is 0 Å². The minimum absolute atomic E-state index is 0. The lowest BCUT2D eigenvalue weighted by molar-refractivity contribution is 0.151. The summed E-state index contributed by atoms with van der Waals surface area (Å²) in [6.07, 6.45) is 5.86. The minimum atomic E-state index is 0. The Hall–Kier alpha value is -0.0400. The Balaban J connectivity index is 0. The first-order valence-corrected chi connectivity index (χ1v) is 7.50. The third kappa shape index (κ3) is 7.08. The van der Waals surface area contributed by atoms with Crippen LogP contribution in [0.2, 0.25) is 0 Å². The largest absolute Gasteiger partial charge is 0.412 e. The van der Waals surface area contributed by atoms with Gasteiger partial charge in [-0.15, -0.1) is 0 Å². The highest BCUT2D eigenvalue weighted by molar-refractivity contribution is 4.78. The molecule has 106 valence electrons. The number of rotatable bonds is 3. The van der Waals surface area contributed by atoms with Gasteiger partial charge < -0.3 is 5.48 Å². The van der Waals surface area contributed by atoms with Gasteiger partial charge in [-0.05, 0) is 48.9 Å². The zero-order chi connectivity index (χ0) is 12.7. The molecule has 0 spiro atoms. The molecule has 0 radical (unpaired) electrons. The van der Waals surface area contributed by atoms with E-state index in [-0.39, 0.29) is 5.48 Å². The van der Waals surface area contributed by atoms with Crippen molar-refractivity contribution in [3.63, 3.8) is 0 Å². The van der Waals surface area contributed by atoms with Crippen LogP contribution in [0.1, 0.15) is 74.1 Å². The Kier molecular flexibility index (Phi) is 11.3. The third-order valence-electron chi connectivity index (χ3n) is 4.29. The van der Waals surface area contributed by atoms with Gasteiger partial charge in [-0.25, -0.2) is 0 Å². The SMILES string of the molecule is CC.CC(C)CC(C)C1CCC(C)C(C)C1.O. The Morgan fingerprint density at radius 1 is 0.941 bits per heavy atom.